The highest BCUT2D eigenvalue weighted by molar-refractivity contribution is 6.31. The first-order valence-electron chi connectivity index (χ1n) is 6.00. The predicted molar refractivity (Wildman–Crippen MR) is 79.1 cm³/mol. The van der Waals surface area contributed by atoms with Crippen LogP contribution in [-0.4, -0.2) is 32.2 Å². The lowest BCUT2D eigenvalue weighted by atomic mass is 9.98. The van der Waals surface area contributed by atoms with E-state index in [2.05, 4.69) is 0 Å². The van der Waals surface area contributed by atoms with E-state index in [1.807, 2.05) is 0 Å². The lowest BCUT2D eigenvalue weighted by Crippen LogP contribution is -2.08. The van der Waals surface area contributed by atoms with Crippen LogP contribution in [0.3, 0.4) is 0 Å². The number of halogens is 1. The molecule has 0 fully saturated rings. The average Bonchev–Trinajstić information content (AvgIpc) is 2.48. The Kier molecular flexibility index (Phi) is 4.19. The molecule has 3 N–H and O–H groups in total. The number of rotatable bonds is 4. The van der Waals surface area contributed by atoms with Crippen molar-refractivity contribution < 1.29 is 29.8 Å². The number of phenols is 1. The molecule has 0 aliphatic carbocycles. The minimum absolute atomic E-state index is 0.0383. The molecule has 8 nitrogen and oxygen atoms in total. The van der Waals surface area contributed by atoms with Gasteiger partial charge in [-0.25, -0.2) is 9.59 Å². The molecule has 0 heterocycles. The zero-order chi connectivity index (χ0) is 17.3. The van der Waals surface area contributed by atoms with Crippen molar-refractivity contribution in [2.24, 2.45) is 0 Å². The fourth-order valence-corrected chi connectivity index (χ4v) is 2.23. The molecule has 0 aliphatic heterocycles. The summed E-state index contributed by atoms with van der Waals surface area (Å²) in [6, 6.07) is 5.43. The molecule has 2 aromatic carbocycles. The van der Waals surface area contributed by atoms with Crippen LogP contribution in [-0.2, 0) is 0 Å². The quantitative estimate of drug-likeness (QED) is 0.575. The van der Waals surface area contributed by atoms with Crippen LogP contribution in [0.15, 0.2) is 30.3 Å². The Morgan fingerprint density at radius 3 is 2.17 bits per heavy atom. The first-order valence-corrected chi connectivity index (χ1v) is 6.38. The van der Waals surface area contributed by atoms with Crippen LogP contribution in [0.25, 0.3) is 11.1 Å². The van der Waals surface area contributed by atoms with Gasteiger partial charge in [-0.3, -0.25) is 10.1 Å². The molecule has 0 atom stereocenters. The summed E-state index contributed by atoms with van der Waals surface area (Å²) in [6.07, 6.45) is 0. The van der Waals surface area contributed by atoms with E-state index in [4.69, 9.17) is 21.8 Å². The molecule has 0 bridgehead atoms. The van der Waals surface area contributed by atoms with Crippen LogP contribution >= 0.6 is 11.6 Å². The minimum Gasteiger partial charge on any atom is -0.502 e. The van der Waals surface area contributed by atoms with Gasteiger partial charge >= 0.3 is 17.6 Å². The first kappa shape index (κ1) is 16.2. The Bertz CT molecular complexity index is 847. The standard InChI is InChI=1S/C14H8ClNO7/c15-7-4-9(12(17)11(5-7)16(22)23)6-1-2-8(13(18)19)10(3-6)14(20)21/h1-5,17H,(H,18,19)(H,20,21). The van der Waals surface area contributed by atoms with Crippen molar-refractivity contribution in [1.82, 2.24) is 0 Å². The third kappa shape index (κ3) is 3.06. The number of hydrogen-bond acceptors (Lipinski definition) is 5. The topological polar surface area (TPSA) is 138 Å². The van der Waals surface area contributed by atoms with Gasteiger partial charge in [-0.15, -0.1) is 0 Å². The van der Waals surface area contributed by atoms with E-state index < -0.39 is 39.4 Å². The Labute approximate surface area is 133 Å². The first-order chi connectivity index (χ1) is 10.7. The summed E-state index contributed by atoms with van der Waals surface area (Å²) < 4.78 is 0. The van der Waals surface area contributed by atoms with E-state index in [0.717, 1.165) is 18.2 Å². The maximum Gasteiger partial charge on any atom is 0.336 e. The molecule has 23 heavy (non-hydrogen) atoms. The molecule has 0 radical (unpaired) electrons. The molecule has 9 heteroatoms. The number of nitro groups is 1. The zero-order valence-electron chi connectivity index (χ0n) is 11.2. The van der Waals surface area contributed by atoms with Crippen LogP contribution in [0.5, 0.6) is 5.75 Å². The van der Waals surface area contributed by atoms with E-state index in [9.17, 15) is 24.8 Å². The van der Waals surface area contributed by atoms with Crippen LogP contribution in [0.2, 0.25) is 5.02 Å². The van der Waals surface area contributed by atoms with Crippen molar-refractivity contribution in [2.75, 3.05) is 0 Å². The second-order valence-corrected chi connectivity index (χ2v) is 4.89. The van der Waals surface area contributed by atoms with Gasteiger partial charge in [0.25, 0.3) is 0 Å². The van der Waals surface area contributed by atoms with Crippen molar-refractivity contribution in [3.8, 4) is 16.9 Å². The molecular weight excluding hydrogens is 330 g/mol. The molecule has 0 amide bonds. The van der Waals surface area contributed by atoms with E-state index >= 15 is 0 Å². The van der Waals surface area contributed by atoms with Gasteiger partial charge in [0.2, 0.25) is 5.75 Å². The summed E-state index contributed by atoms with van der Waals surface area (Å²) in [5, 5.41) is 38.9. The van der Waals surface area contributed by atoms with E-state index in [-0.39, 0.29) is 16.1 Å². The van der Waals surface area contributed by atoms with Crippen molar-refractivity contribution in [1.29, 1.82) is 0 Å². The second kappa shape index (κ2) is 5.93. The van der Waals surface area contributed by atoms with Crippen LogP contribution < -0.4 is 0 Å². The van der Waals surface area contributed by atoms with Crippen molar-refractivity contribution in [2.45, 2.75) is 0 Å². The SMILES string of the molecule is O=C(O)c1ccc(-c2cc(Cl)cc([N+](=O)[O-])c2O)cc1C(=O)O. The van der Waals surface area contributed by atoms with Gasteiger partial charge in [0.05, 0.1) is 16.1 Å². The monoisotopic (exact) mass is 337 g/mol. The third-order valence-corrected chi connectivity index (χ3v) is 3.26. The summed E-state index contributed by atoms with van der Waals surface area (Å²) in [5.74, 6) is -3.62. The zero-order valence-corrected chi connectivity index (χ0v) is 11.9. The number of carbonyl (C=O) groups is 2. The molecule has 0 aliphatic rings. The second-order valence-electron chi connectivity index (χ2n) is 4.45. The Morgan fingerprint density at radius 1 is 1.04 bits per heavy atom. The summed E-state index contributed by atoms with van der Waals surface area (Å²) in [7, 11) is 0. The molecular formula is C14H8ClNO7. The number of carboxylic acids is 2. The Balaban J connectivity index is 2.73. The van der Waals surface area contributed by atoms with E-state index in [1.54, 1.807) is 0 Å². The number of nitro benzene ring substituents is 1. The lowest BCUT2D eigenvalue weighted by Gasteiger charge is -2.09. The predicted octanol–water partition coefficient (Wildman–Crippen LogP) is 3.02. The van der Waals surface area contributed by atoms with Crippen LogP contribution in [0.1, 0.15) is 20.7 Å². The summed E-state index contributed by atoms with van der Waals surface area (Å²) in [4.78, 5) is 32.2. The van der Waals surface area contributed by atoms with Gasteiger partial charge in [0.1, 0.15) is 0 Å². The van der Waals surface area contributed by atoms with Gasteiger partial charge in [-0.05, 0) is 23.8 Å². The number of carboxylic acid groups (broad SMARTS) is 2. The van der Waals surface area contributed by atoms with Gasteiger partial charge in [-0.1, -0.05) is 17.7 Å². The molecule has 2 aromatic rings. The van der Waals surface area contributed by atoms with Crippen LogP contribution in [0.4, 0.5) is 5.69 Å². The average molecular weight is 338 g/mol. The van der Waals surface area contributed by atoms with Gasteiger partial charge < -0.3 is 15.3 Å². The number of aromatic carboxylic acids is 2. The van der Waals surface area contributed by atoms with Gasteiger partial charge in [-0.2, -0.15) is 0 Å². The normalized spacial score (nSPS) is 10.3. The number of benzene rings is 2. The summed E-state index contributed by atoms with van der Waals surface area (Å²) >= 11 is 5.77. The van der Waals surface area contributed by atoms with Crippen molar-refractivity contribution >= 4 is 29.2 Å². The fraction of sp³-hybridized carbons (Fsp3) is 0. The van der Waals surface area contributed by atoms with Crippen molar-refractivity contribution in [3.05, 3.63) is 56.6 Å². The molecule has 118 valence electrons. The molecule has 2 rings (SSSR count). The third-order valence-electron chi connectivity index (χ3n) is 3.04. The Morgan fingerprint density at radius 2 is 1.65 bits per heavy atom. The number of hydrogen-bond donors (Lipinski definition) is 3. The van der Waals surface area contributed by atoms with Crippen LogP contribution in [0, 0.1) is 10.1 Å². The largest absolute Gasteiger partial charge is 0.502 e. The summed E-state index contributed by atoms with van der Waals surface area (Å²) in [6.45, 7) is 0. The molecule has 0 spiro atoms. The highest BCUT2D eigenvalue weighted by atomic mass is 35.5. The van der Waals surface area contributed by atoms with Gasteiger partial charge in [0, 0.05) is 16.7 Å². The minimum atomic E-state index is -1.49. The number of phenolic OH excluding ortho intramolecular Hbond substituents is 1. The maximum atomic E-state index is 11.2. The maximum absolute atomic E-state index is 11.2. The number of nitrogens with zero attached hydrogens (tertiary/aromatic N) is 1. The molecule has 0 saturated heterocycles. The van der Waals surface area contributed by atoms with Gasteiger partial charge in [0.15, 0.2) is 0 Å². The lowest BCUT2D eigenvalue weighted by molar-refractivity contribution is -0.385. The molecule has 0 saturated carbocycles. The van der Waals surface area contributed by atoms with E-state index in [1.165, 1.54) is 12.1 Å². The van der Waals surface area contributed by atoms with Crippen molar-refractivity contribution in [3.63, 3.8) is 0 Å². The highest BCUT2D eigenvalue weighted by Gasteiger charge is 2.22. The molecule has 0 aromatic heterocycles. The summed E-state index contributed by atoms with van der Waals surface area (Å²) in [5.41, 5.74) is -1.61. The number of aromatic hydroxyl groups is 1. The van der Waals surface area contributed by atoms with E-state index in [0.29, 0.717) is 0 Å². The molecule has 0 unspecified atom stereocenters. The highest BCUT2D eigenvalue weighted by Crippen LogP contribution is 2.40. The Hall–Kier alpha value is -3.13. The fourth-order valence-electron chi connectivity index (χ4n) is 2.02. The smallest absolute Gasteiger partial charge is 0.336 e.